The van der Waals surface area contributed by atoms with Crippen molar-refractivity contribution in [1.82, 2.24) is 5.32 Å². The summed E-state index contributed by atoms with van der Waals surface area (Å²) in [6, 6.07) is 12.7. The lowest BCUT2D eigenvalue weighted by atomic mass is 10.1. The van der Waals surface area contributed by atoms with Crippen LogP contribution >= 0.6 is 0 Å². The number of rotatable bonds is 7. The van der Waals surface area contributed by atoms with E-state index in [2.05, 4.69) is 5.32 Å². The number of hydrogen-bond acceptors (Lipinski definition) is 4. The van der Waals surface area contributed by atoms with Gasteiger partial charge in [0.15, 0.2) is 11.5 Å². The van der Waals surface area contributed by atoms with Gasteiger partial charge in [-0.3, -0.25) is 4.79 Å². The van der Waals surface area contributed by atoms with Crippen LogP contribution in [-0.2, 0) is 17.6 Å². The Morgan fingerprint density at radius 2 is 1.74 bits per heavy atom. The highest BCUT2D eigenvalue weighted by Gasteiger charge is 2.07. The zero-order valence-electron chi connectivity index (χ0n) is 13.3. The lowest BCUT2D eigenvalue weighted by Crippen LogP contribution is -2.27. The summed E-state index contributed by atoms with van der Waals surface area (Å²) in [4.78, 5) is 12.0. The molecular weight excluding hydrogens is 294 g/mol. The van der Waals surface area contributed by atoms with Gasteiger partial charge in [0.25, 0.3) is 0 Å². The normalized spacial score (nSPS) is 10.2. The molecule has 2 aromatic carbocycles. The molecule has 2 aromatic rings. The fourth-order valence-corrected chi connectivity index (χ4v) is 2.22. The Morgan fingerprint density at radius 3 is 2.39 bits per heavy atom. The Hall–Kier alpha value is -2.69. The van der Waals surface area contributed by atoms with Crippen molar-refractivity contribution in [3.8, 4) is 17.2 Å². The van der Waals surface area contributed by atoms with E-state index in [9.17, 15) is 9.90 Å². The molecule has 0 radical (unpaired) electrons. The van der Waals surface area contributed by atoms with E-state index in [-0.39, 0.29) is 18.1 Å². The number of nitrogens with one attached hydrogen (secondary N) is 1. The summed E-state index contributed by atoms with van der Waals surface area (Å²) in [6.07, 6.45) is 1.01. The maximum atomic E-state index is 12.0. The van der Waals surface area contributed by atoms with Crippen LogP contribution in [0.4, 0.5) is 0 Å². The van der Waals surface area contributed by atoms with Gasteiger partial charge in [0, 0.05) is 6.54 Å². The van der Waals surface area contributed by atoms with E-state index < -0.39 is 0 Å². The van der Waals surface area contributed by atoms with Gasteiger partial charge in [0.05, 0.1) is 20.6 Å². The van der Waals surface area contributed by atoms with Crippen LogP contribution in [0.1, 0.15) is 11.1 Å². The topological polar surface area (TPSA) is 67.8 Å². The number of carbonyl (C=O) groups is 1. The standard InChI is InChI=1S/C18H21NO4/c1-22-15-6-3-13(4-7-15)9-10-19-18(21)12-14-5-8-16(20)17(11-14)23-2/h3-8,11,20H,9-10,12H2,1-2H3,(H,19,21). The van der Waals surface area contributed by atoms with Gasteiger partial charge < -0.3 is 19.9 Å². The third-order valence-corrected chi connectivity index (χ3v) is 3.50. The molecule has 0 saturated carbocycles. The highest BCUT2D eigenvalue weighted by atomic mass is 16.5. The maximum absolute atomic E-state index is 12.0. The average Bonchev–Trinajstić information content (AvgIpc) is 2.57. The van der Waals surface area contributed by atoms with Crippen molar-refractivity contribution in [1.29, 1.82) is 0 Å². The Balaban J connectivity index is 1.80. The molecule has 0 unspecified atom stereocenters. The largest absolute Gasteiger partial charge is 0.504 e. The van der Waals surface area contributed by atoms with Gasteiger partial charge in [-0.1, -0.05) is 18.2 Å². The van der Waals surface area contributed by atoms with Crippen molar-refractivity contribution < 1.29 is 19.4 Å². The maximum Gasteiger partial charge on any atom is 0.224 e. The van der Waals surface area contributed by atoms with Crippen LogP contribution in [0.25, 0.3) is 0 Å². The van der Waals surface area contributed by atoms with Crippen LogP contribution in [0.2, 0.25) is 0 Å². The van der Waals surface area contributed by atoms with Gasteiger partial charge in [-0.05, 0) is 41.8 Å². The molecule has 0 spiro atoms. The van der Waals surface area contributed by atoms with Crippen molar-refractivity contribution >= 4 is 5.91 Å². The number of carbonyl (C=O) groups excluding carboxylic acids is 1. The SMILES string of the molecule is COc1ccc(CCNC(=O)Cc2ccc(O)c(OC)c2)cc1. The van der Waals surface area contributed by atoms with Crippen LogP contribution in [0.15, 0.2) is 42.5 Å². The van der Waals surface area contributed by atoms with Crippen molar-refractivity contribution in [3.05, 3.63) is 53.6 Å². The summed E-state index contributed by atoms with van der Waals surface area (Å²) in [5.74, 6) is 1.19. The number of ether oxygens (including phenoxy) is 2. The monoisotopic (exact) mass is 315 g/mol. The molecule has 0 aliphatic heterocycles. The van der Waals surface area contributed by atoms with Crippen molar-refractivity contribution in [2.75, 3.05) is 20.8 Å². The van der Waals surface area contributed by atoms with Crippen molar-refractivity contribution in [2.45, 2.75) is 12.8 Å². The summed E-state index contributed by atoms with van der Waals surface area (Å²) in [7, 11) is 3.11. The number of benzene rings is 2. The Morgan fingerprint density at radius 1 is 1.04 bits per heavy atom. The summed E-state index contributed by atoms with van der Waals surface area (Å²) in [5.41, 5.74) is 1.93. The van der Waals surface area contributed by atoms with Crippen LogP contribution in [0, 0.1) is 0 Å². The third-order valence-electron chi connectivity index (χ3n) is 3.50. The van der Waals surface area contributed by atoms with Crippen LogP contribution in [0.5, 0.6) is 17.2 Å². The molecule has 2 N–H and O–H groups in total. The molecule has 0 bridgehead atoms. The molecule has 0 aromatic heterocycles. The summed E-state index contributed by atoms with van der Waals surface area (Å²) in [5, 5.41) is 12.4. The van der Waals surface area contributed by atoms with E-state index >= 15 is 0 Å². The smallest absolute Gasteiger partial charge is 0.224 e. The molecule has 5 nitrogen and oxygen atoms in total. The highest BCUT2D eigenvalue weighted by molar-refractivity contribution is 5.78. The number of phenolic OH excluding ortho intramolecular Hbond substituents is 1. The first kappa shape index (κ1) is 16.7. The van der Waals surface area contributed by atoms with Gasteiger partial charge in [-0.25, -0.2) is 0 Å². The molecule has 23 heavy (non-hydrogen) atoms. The van der Waals surface area contributed by atoms with Crippen LogP contribution in [-0.4, -0.2) is 31.8 Å². The first-order valence-electron chi connectivity index (χ1n) is 7.38. The Labute approximate surface area is 135 Å². The van der Waals surface area contributed by atoms with E-state index in [1.807, 2.05) is 24.3 Å². The van der Waals surface area contributed by atoms with Gasteiger partial charge in [-0.2, -0.15) is 0 Å². The third kappa shape index (κ3) is 4.92. The molecule has 1 amide bonds. The Kier molecular flexibility index (Phi) is 5.86. The second-order valence-electron chi connectivity index (χ2n) is 5.13. The molecule has 0 fully saturated rings. The zero-order valence-corrected chi connectivity index (χ0v) is 13.3. The summed E-state index contributed by atoms with van der Waals surface area (Å²) < 4.78 is 10.1. The van der Waals surface area contributed by atoms with Crippen LogP contribution < -0.4 is 14.8 Å². The van der Waals surface area contributed by atoms with Crippen molar-refractivity contribution in [3.63, 3.8) is 0 Å². The number of amides is 1. The van der Waals surface area contributed by atoms with Crippen molar-refractivity contribution in [2.24, 2.45) is 0 Å². The quantitative estimate of drug-likeness (QED) is 0.823. The first-order valence-corrected chi connectivity index (χ1v) is 7.38. The second-order valence-corrected chi connectivity index (χ2v) is 5.13. The average molecular weight is 315 g/mol. The van der Waals surface area contributed by atoms with E-state index in [0.717, 1.165) is 23.3 Å². The lowest BCUT2D eigenvalue weighted by Gasteiger charge is -2.08. The second kappa shape index (κ2) is 8.08. The van der Waals surface area contributed by atoms with E-state index in [0.29, 0.717) is 12.3 Å². The van der Waals surface area contributed by atoms with E-state index in [1.54, 1.807) is 19.2 Å². The number of methoxy groups -OCH3 is 2. The minimum atomic E-state index is -0.0637. The highest BCUT2D eigenvalue weighted by Crippen LogP contribution is 2.26. The van der Waals surface area contributed by atoms with Crippen LogP contribution in [0.3, 0.4) is 0 Å². The molecule has 122 valence electrons. The van der Waals surface area contributed by atoms with Gasteiger partial charge in [-0.15, -0.1) is 0 Å². The summed E-state index contributed by atoms with van der Waals surface area (Å²) in [6.45, 7) is 0.570. The zero-order chi connectivity index (χ0) is 16.7. The molecular formula is C18H21NO4. The Bertz CT molecular complexity index is 653. The molecule has 0 aliphatic rings. The fourth-order valence-electron chi connectivity index (χ4n) is 2.22. The fraction of sp³-hybridized carbons (Fsp3) is 0.278. The van der Waals surface area contributed by atoms with Gasteiger partial charge in [0.2, 0.25) is 5.91 Å². The van der Waals surface area contributed by atoms with E-state index in [1.165, 1.54) is 13.2 Å². The molecule has 2 rings (SSSR count). The molecule has 5 heteroatoms. The lowest BCUT2D eigenvalue weighted by molar-refractivity contribution is -0.120. The van der Waals surface area contributed by atoms with Gasteiger partial charge in [0.1, 0.15) is 5.75 Å². The summed E-state index contributed by atoms with van der Waals surface area (Å²) >= 11 is 0. The van der Waals surface area contributed by atoms with E-state index in [4.69, 9.17) is 9.47 Å². The first-order chi connectivity index (χ1) is 11.1. The molecule has 0 saturated heterocycles. The molecule has 0 atom stereocenters. The number of phenols is 1. The molecule has 0 heterocycles. The minimum Gasteiger partial charge on any atom is -0.504 e. The minimum absolute atomic E-state index is 0.0637. The number of aromatic hydroxyl groups is 1. The molecule has 0 aliphatic carbocycles. The number of hydrogen-bond donors (Lipinski definition) is 2. The predicted octanol–water partition coefficient (Wildman–Crippen LogP) is 2.31. The van der Waals surface area contributed by atoms with Gasteiger partial charge >= 0.3 is 0 Å². The predicted molar refractivity (Wildman–Crippen MR) is 88.1 cm³/mol.